The molecule has 2 amide bonds. The molecule has 7 N–H and O–H groups in total. The maximum atomic E-state index is 13.0. The fraction of sp³-hybridized carbons (Fsp3) is 0.870. The van der Waals surface area contributed by atoms with Crippen LogP contribution in [0.25, 0.3) is 0 Å². The zero-order chi connectivity index (χ0) is 25.2. The van der Waals surface area contributed by atoms with Crippen LogP contribution in [0.15, 0.2) is 4.99 Å². The third kappa shape index (κ3) is 10.8. The van der Waals surface area contributed by atoms with Crippen LogP contribution in [0, 0.1) is 23.2 Å². The van der Waals surface area contributed by atoms with Gasteiger partial charge in [0.1, 0.15) is 6.04 Å². The summed E-state index contributed by atoms with van der Waals surface area (Å²) in [5.41, 5.74) is 5.88. The molecule has 0 bridgehead atoms. The number of rotatable bonds is 11. The molecule has 2 atom stereocenters. The van der Waals surface area contributed by atoms with E-state index in [1.165, 1.54) is 0 Å². The third-order valence-corrected chi connectivity index (χ3v) is 6.59. The number of aliphatic imine (C=N–C) groups is 1. The van der Waals surface area contributed by atoms with Gasteiger partial charge in [0, 0.05) is 19.5 Å². The van der Waals surface area contributed by atoms with Crippen LogP contribution in [0.3, 0.4) is 0 Å². The van der Waals surface area contributed by atoms with Crippen LogP contribution >= 0.6 is 0 Å². The van der Waals surface area contributed by atoms with Crippen molar-refractivity contribution in [2.45, 2.75) is 91.5 Å². The molecule has 0 spiro atoms. The summed E-state index contributed by atoms with van der Waals surface area (Å²) in [5.74, 6) is -0.312. The second kappa shape index (κ2) is 13.8. The Morgan fingerprint density at radius 2 is 1.73 bits per heavy atom. The second-order valence-corrected chi connectivity index (χ2v) is 10.8. The number of nitrogens with two attached hydrogens (primary N) is 1. The molecule has 9 nitrogen and oxygen atoms in total. The number of carbonyl (C=O) groups excluding carboxylic acids is 2. The summed E-state index contributed by atoms with van der Waals surface area (Å²) in [6, 6.07) is -0.757. The lowest BCUT2D eigenvalue weighted by atomic mass is 9.69. The fourth-order valence-corrected chi connectivity index (χ4v) is 4.43. The molecular weight excluding hydrogens is 421 g/mol. The fourth-order valence-electron chi connectivity index (χ4n) is 4.43. The summed E-state index contributed by atoms with van der Waals surface area (Å²) < 4.78 is 0. The van der Waals surface area contributed by atoms with Crippen LogP contribution in [0.1, 0.15) is 79.6 Å². The van der Waals surface area contributed by atoms with Crippen molar-refractivity contribution < 1.29 is 19.6 Å². The number of nitrogens with zero attached hydrogens (tertiary/aromatic N) is 1. The highest BCUT2D eigenvalue weighted by Crippen LogP contribution is 2.39. The number of guanidine groups is 1. The molecule has 1 rings (SSSR count). The Kier molecular flexibility index (Phi) is 12.2. The highest BCUT2D eigenvalue weighted by molar-refractivity contribution is 6.43. The van der Waals surface area contributed by atoms with E-state index < -0.39 is 25.0 Å². The first-order chi connectivity index (χ1) is 15.3. The van der Waals surface area contributed by atoms with Crippen molar-refractivity contribution >= 4 is 24.9 Å². The molecule has 0 aliphatic heterocycles. The van der Waals surface area contributed by atoms with Gasteiger partial charge in [-0.1, -0.05) is 34.6 Å². The van der Waals surface area contributed by atoms with E-state index in [0.29, 0.717) is 37.7 Å². The second-order valence-electron chi connectivity index (χ2n) is 10.8. The topological polar surface area (TPSA) is 149 Å². The van der Waals surface area contributed by atoms with Crippen molar-refractivity contribution in [1.82, 2.24) is 16.0 Å². The van der Waals surface area contributed by atoms with Crippen molar-refractivity contribution in [3.8, 4) is 0 Å². The lowest BCUT2D eigenvalue weighted by molar-refractivity contribution is -0.132. The van der Waals surface area contributed by atoms with E-state index in [2.05, 4.69) is 41.7 Å². The first-order valence-corrected chi connectivity index (χ1v) is 12.3. The number of hydrogen-bond acceptors (Lipinski definition) is 5. The molecule has 0 saturated heterocycles. The summed E-state index contributed by atoms with van der Waals surface area (Å²) in [6.45, 7) is 11.1. The lowest BCUT2D eigenvalue weighted by Crippen LogP contribution is -2.55. The average Bonchev–Trinajstić information content (AvgIpc) is 2.73. The molecule has 10 heteroatoms. The standard InChI is InChI=1S/C23H46BN5O4/c1-15(2)14-19(24(32)33)29-21(31)18(8-7-13-27-22(25)26-6)28-20(30)16-9-11-17(12-10-16)23(3,4)5/h15-19,32-33H,7-14H2,1-6H3,(H,28,30)(H,29,31)(H3,25,26,27)/t16?,17?,18-,19-/m0/s1. The van der Waals surface area contributed by atoms with Crippen molar-refractivity contribution in [2.24, 2.45) is 33.9 Å². The Morgan fingerprint density at radius 1 is 1.12 bits per heavy atom. The minimum absolute atomic E-state index is 0.102. The van der Waals surface area contributed by atoms with Gasteiger partial charge < -0.3 is 31.7 Å². The van der Waals surface area contributed by atoms with Gasteiger partial charge in [0.15, 0.2) is 5.96 Å². The van der Waals surface area contributed by atoms with E-state index in [1.807, 2.05) is 13.8 Å². The number of carbonyl (C=O) groups is 2. The lowest BCUT2D eigenvalue weighted by Gasteiger charge is -2.36. The molecular formula is C23H46BN5O4. The largest absolute Gasteiger partial charge is 0.475 e. The van der Waals surface area contributed by atoms with Crippen molar-refractivity contribution in [3.05, 3.63) is 0 Å². The first-order valence-electron chi connectivity index (χ1n) is 12.3. The van der Waals surface area contributed by atoms with Gasteiger partial charge in [-0.05, 0) is 62.2 Å². The molecule has 1 fully saturated rings. The Bertz CT molecular complexity index is 643. The van der Waals surface area contributed by atoms with Crippen LogP contribution in [-0.4, -0.2) is 60.5 Å². The van der Waals surface area contributed by atoms with Crippen LogP contribution in [0.2, 0.25) is 0 Å². The zero-order valence-corrected chi connectivity index (χ0v) is 21.4. The van der Waals surface area contributed by atoms with E-state index >= 15 is 0 Å². The first kappa shape index (κ1) is 29.2. The van der Waals surface area contributed by atoms with E-state index in [4.69, 9.17) is 5.73 Å². The normalized spacial score (nSPS) is 21.3. The van der Waals surface area contributed by atoms with Gasteiger partial charge in [-0.15, -0.1) is 0 Å². The molecule has 1 aliphatic rings. The van der Waals surface area contributed by atoms with Gasteiger partial charge in [0.05, 0.1) is 5.94 Å². The molecule has 0 radical (unpaired) electrons. The van der Waals surface area contributed by atoms with Gasteiger partial charge in [-0.25, -0.2) is 0 Å². The maximum Gasteiger partial charge on any atom is 0.475 e. The Morgan fingerprint density at radius 3 is 2.21 bits per heavy atom. The van der Waals surface area contributed by atoms with E-state index in [1.54, 1.807) is 7.05 Å². The molecule has 0 unspecified atom stereocenters. The summed E-state index contributed by atoms with van der Waals surface area (Å²) in [7, 11) is -0.0787. The van der Waals surface area contributed by atoms with Gasteiger partial charge in [-0.3, -0.25) is 14.6 Å². The Balaban J connectivity index is 2.78. The smallest absolute Gasteiger partial charge is 0.426 e. The van der Waals surface area contributed by atoms with Crippen molar-refractivity contribution in [1.29, 1.82) is 0 Å². The average molecular weight is 467 g/mol. The molecule has 1 aliphatic carbocycles. The molecule has 33 heavy (non-hydrogen) atoms. The molecule has 0 aromatic rings. The van der Waals surface area contributed by atoms with Crippen LogP contribution in [0.4, 0.5) is 0 Å². The highest BCUT2D eigenvalue weighted by Gasteiger charge is 2.34. The SMILES string of the molecule is CN=C(N)NCCC[C@H](NC(=O)C1CCC(C(C)(C)C)CC1)C(=O)N[C@@H](CC(C)C)B(O)O. The van der Waals surface area contributed by atoms with Gasteiger partial charge in [0.25, 0.3) is 0 Å². The maximum absolute atomic E-state index is 13.0. The molecule has 1 saturated carbocycles. The number of hydrogen-bond donors (Lipinski definition) is 6. The van der Waals surface area contributed by atoms with Gasteiger partial charge in [-0.2, -0.15) is 0 Å². The van der Waals surface area contributed by atoms with E-state index in [-0.39, 0.29) is 23.2 Å². The summed E-state index contributed by atoms with van der Waals surface area (Å²) in [4.78, 5) is 29.9. The van der Waals surface area contributed by atoms with Gasteiger partial charge >= 0.3 is 7.12 Å². The third-order valence-electron chi connectivity index (χ3n) is 6.59. The minimum atomic E-state index is -1.66. The Labute approximate surface area is 199 Å². The van der Waals surface area contributed by atoms with Crippen LogP contribution in [0.5, 0.6) is 0 Å². The summed E-state index contributed by atoms with van der Waals surface area (Å²) in [6.07, 6.45) is 5.05. The van der Waals surface area contributed by atoms with Crippen molar-refractivity contribution in [2.75, 3.05) is 13.6 Å². The highest BCUT2D eigenvalue weighted by atomic mass is 16.4. The predicted molar refractivity (Wildman–Crippen MR) is 133 cm³/mol. The number of amides is 2. The Hall–Kier alpha value is -1.81. The molecule has 0 aromatic heterocycles. The molecule has 190 valence electrons. The van der Waals surface area contributed by atoms with E-state index in [9.17, 15) is 19.6 Å². The summed E-state index contributed by atoms with van der Waals surface area (Å²) >= 11 is 0. The quantitative estimate of drug-likeness (QED) is 0.116. The van der Waals surface area contributed by atoms with Crippen LogP contribution < -0.4 is 21.7 Å². The van der Waals surface area contributed by atoms with Crippen molar-refractivity contribution in [3.63, 3.8) is 0 Å². The molecule has 0 heterocycles. The number of nitrogens with one attached hydrogen (secondary N) is 3. The monoisotopic (exact) mass is 467 g/mol. The van der Waals surface area contributed by atoms with Crippen LogP contribution in [-0.2, 0) is 9.59 Å². The van der Waals surface area contributed by atoms with Gasteiger partial charge in [0.2, 0.25) is 11.8 Å². The van der Waals surface area contributed by atoms with E-state index in [0.717, 1.165) is 25.7 Å². The molecule has 0 aromatic carbocycles. The summed E-state index contributed by atoms with van der Waals surface area (Å²) in [5, 5.41) is 28.0. The predicted octanol–water partition coefficient (Wildman–Crippen LogP) is 1.18. The zero-order valence-electron chi connectivity index (χ0n) is 21.4. The minimum Gasteiger partial charge on any atom is -0.426 e.